The summed E-state index contributed by atoms with van der Waals surface area (Å²) in [5.41, 5.74) is 2.45. The van der Waals surface area contributed by atoms with Crippen LogP contribution in [0.1, 0.15) is 21.6 Å². The van der Waals surface area contributed by atoms with E-state index in [0.717, 1.165) is 15.9 Å². The van der Waals surface area contributed by atoms with Gasteiger partial charge in [-0.2, -0.15) is 5.26 Å². The molecule has 1 aromatic heterocycles. The number of nitrogens with one attached hydrogen (secondary N) is 1. The van der Waals surface area contributed by atoms with Crippen LogP contribution in [0.2, 0.25) is 0 Å². The van der Waals surface area contributed by atoms with Crippen molar-refractivity contribution in [3.05, 3.63) is 57.8 Å². The molecule has 1 aromatic carbocycles. The lowest BCUT2D eigenvalue weighted by atomic mass is 10.2. The zero-order valence-electron chi connectivity index (χ0n) is 11.3. The largest absolute Gasteiger partial charge is 0.465 e. The van der Waals surface area contributed by atoms with E-state index in [0.29, 0.717) is 17.7 Å². The Kier molecular flexibility index (Phi) is 4.90. The number of rotatable bonds is 4. The number of halogens is 1. The number of pyridine rings is 1. The normalized spacial score (nSPS) is 9.76. The molecule has 0 bridgehead atoms. The summed E-state index contributed by atoms with van der Waals surface area (Å²) in [5, 5.41) is 12.2. The van der Waals surface area contributed by atoms with Crippen molar-refractivity contribution in [1.82, 2.24) is 4.98 Å². The van der Waals surface area contributed by atoms with Crippen molar-refractivity contribution in [3.63, 3.8) is 0 Å². The summed E-state index contributed by atoms with van der Waals surface area (Å²) < 4.78 is 5.46. The van der Waals surface area contributed by atoms with Crippen molar-refractivity contribution in [1.29, 1.82) is 5.26 Å². The number of aromatic nitrogens is 1. The molecule has 0 amide bonds. The third kappa shape index (κ3) is 3.80. The van der Waals surface area contributed by atoms with Gasteiger partial charge in [0.05, 0.1) is 36.2 Å². The highest BCUT2D eigenvalue weighted by molar-refractivity contribution is 9.10. The van der Waals surface area contributed by atoms with E-state index in [2.05, 4.69) is 37.0 Å². The third-order valence-corrected chi connectivity index (χ3v) is 3.30. The van der Waals surface area contributed by atoms with Gasteiger partial charge in [0.1, 0.15) is 6.07 Å². The van der Waals surface area contributed by atoms with Crippen LogP contribution in [0.25, 0.3) is 0 Å². The molecule has 0 atom stereocenters. The highest BCUT2D eigenvalue weighted by Gasteiger charge is 2.06. The highest BCUT2D eigenvalue weighted by Crippen LogP contribution is 2.20. The van der Waals surface area contributed by atoms with E-state index in [1.54, 1.807) is 18.2 Å². The lowest BCUT2D eigenvalue weighted by molar-refractivity contribution is 0.0600. The molecule has 21 heavy (non-hydrogen) atoms. The van der Waals surface area contributed by atoms with Crippen LogP contribution in [-0.4, -0.2) is 18.1 Å². The van der Waals surface area contributed by atoms with Crippen LogP contribution in [0.15, 0.2) is 41.0 Å². The van der Waals surface area contributed by atoms with Crippen molar-refractivity contribution in [2.45, 2.75) is 6.54 Å². The van der Waals surface area contributed by atoms with Gasteiger partial charge < -0.3 is 10.1 Å². The minimum atomic E-state index is -0.415. The summed E-state index contributed by atoms with van der Waals surface area (Å²) >= 11 is 3.33. The number of ether oxygens (including phenoxy) is 1. The van der Waals surface area contributed by atoms with Gasteiger partial charge in [-0.25, -0.2) is 4.79 Å². The molecular formula is C15H12BrN3O2. The van der Waals surface area contributed by atoms with Crippen molar-refractivity contribution in [3.8, 4) is 6.07 Å². The zero-order valence-corrected chi connectivity index (χ0v) is 12.8. The summed E-state index contributed by atoms with van der Waals surface area (Å²) in [7, 11) is 1.33. The van der Waals surface area contributed by atoms with Crippen molar-refractivity contribution < 1.29 is 9.53 Å². The number of nitrogens with zero attached hydrogens (tertiary/aromatic N) is 2. The minimum absolute atomic E-state index is 0.405. The Balaban J connectivity index is 2.07. The maximum Gasteiger partial charge on any atom is 0.339 e. The first-order valence-corrected chi connectivity index (χ1v) is 6.90. The Hall–Kier alpha value is -2.39. The van der Waals surface area contributed by atoms with Gasteiger partial charge in [-0.15, -0.1) is 0 Å². The van der Waals surface area contributed by atoms with Crippen LogP contribution in [0.3, 0.4) is 0 Å². The Bertz CT molecular complexity index is 693. The molecule has 0 saturated heterocycles. The van der Waals surface area contributed by atoms with Gasteiger partial charge in [0.15, 0.2) is 0 Å². The molecule has 0 unspecified atom stereocenters. The van der Waals surface area contributed by atoms with Crippen molar-refractivity contribution in [2.75, 3.05) is 12.4 Å². The molecule has 1 N–H and O–H groups in total. The molecule has 0 radical (unpaired) electrons. The van der Waals surface area contributed by atoms with Crippen molar-refractivity contribution in [2.24, 2.45) is 0 Å². The molecular weight excluding hydrogens is 334 g/mol. The second-order valence-corrected chi connectivity index (χ2v) is 5.10. The van der Waals surface area contributed by atoms with E-state index in [1.807, 2.05) is 12.1 Å². The summed E-state index contributed by atoms with van der Waals surface area (Å²) in [6.07, 6.45) is 1.47. The standard InChI is InChI=1S/C15H12BrN3O2/c1-21-15(20)10-2-4-13(18-8-10)9-19-14-5-3-12(16)6-11(14)7-17/h2-6,8,19H,9H2,1H3. The summed E-state index contributed by atoms with van der Waals surface area (Å²) in [6, 6.07) is 11.0. The summed E-state index contributed by atoms with van der Waals surface area (Å²) in [6.45, 7) is 0.456. The van der Waals surface area contributed by atoms with Gasteiger partial charge >= 0.3 is 5.97 Å². The average molecular weight is 346 g/mol. The molecule has 1 heterocycles. The molecule has 0 aliphatic carbocycles. The molecule has 2 rings (SSSR count). The van der Waals surface area contributed by atoms with Gasteiger partial charge in [0.2, 0.25) is 0 Å². The van der Waals surface area contributed by atoms with Gasteiger partial charge in [0.25, 0.3) is 0 Å². The van der Waals surface area contributed by atoms with Crippen molar-refractivity contribution >= 4 is 27.6 Å². The summed E-state index contributed by atoms with van der Waals surface area (Å²) in [5.74, 6) is -0.415. The van der Waals surface area contributed by atoms with E-state index in [4.69, 9.17) is 5.26 Å². The number of esters is 1. The summed E-state index contributed by atoms with van der Waals surface area (Å²) in [4.78, 5) is 15.5. The molecule has 0 fully saturated rings. The lowest BCUT2D eigenvalue weighted by Gasteiger charge is -2.08. The van der Waals surface area contributed by atoms with Gasteiger partial charge in [-0.1, -0.05) is 15.9 Å². The Morgan fingerprint density at radius 2 is 2.24 bits per heavy atom. The predicted octanol–water partition coefficient (Wildman–Crippen LogP) is 3.11. The van der Waals surface area contributed by atoms with Gasteiger partial charge in [0, 0.05) is 10.7 Å². The monoisotopic (exact) mass is 345 g/mol. The number of anilines is 1. The Labute approximate surface area is 130 Å². The minimum Gasteiger partial charge on any atom is -0.465 e. The van der Waals surface area contributed by atoms with Crippen LogP contribution >= 0.6 is 15.9 Å². The van der Waals surface area contributed by atoms with E-state index < -0.39 is 5.97 Å². The molecule has 106 valence electrons. The number of hydrogen-bond donors (Lipinski definition) is 1. The number of carbonyl (C=O) groups excluding carboxylic acids is 1. The molecule has 0 spiro atoms. The first-order chi connectivity index (χ1) is 10.1. The van der Waals surface area contributed by atoms with Crippen LogP contribution < -0.4 is 5.32 Å². The third-order valence-electron chi connectivity index (χ3n) is 2.81. The zero-order chi connectivity index (χ0) is 15.2. The first-order valence-electron chi connectivity index (χ1n) is 6.11. The molecule has 2 aromatic rings. The number of methoxy groups -OCH3 is 1. The number of carbonyl (C=O) groups is 1. The molecule has 5 nitrogen and oxygen atoms in total. The van der Waals surface area contributed by atoms with E-state index >= 15 is 0 Å². The fourth-order valence-corrected chi connectivity index (χ4v) is 2.08. The molecule has 0 aliphatic heterocycles. The maximum atomic E-state index is 11.3. The predicted molar refractivity (Wildman–Crippen MR) is 81.8 cm³/mol. The van der Waals surface area contributed by atoms with Crippen LogP contribution in [0.4, 0.5) is 5.69 Å². The fourth-order valence-electron chi connectivity index (χ4n) is 1.72. The lowest BCUT2D eigenvalue weighted by Crippen LogP contribution is -2.06. The van der Waals surface area contributed by atoms with Gasteiger partial charge in [-0.05, 0) is 30.3 Å². The quantitative estimate of drug-likeness (QED) is 0.861. The molecule has 0 aliphatic rings. The van der Waals surface area contributed by atoms with E-state index in [-0.39, 0.29) is 0 Å². The molecule has 6 heteroatoms. The van der Waals surface area contributed by atoms with Crippen LogP contribution in [-0.2, 0) is 11.3 Å². The fraction of sp³-hybridized carbons (Fsp3) is 0.133. The maximum absolute atomic E-state index is 11.3. The highest BCUT2D eigenvalue weighted by atomic mass is 79.9. The number of hydrogen-bond acceptors (Lipinski definition) is 5. The van der Waals surface area contributed by atoms with Crippen LogP contribution in [0.5, 0.6) is 0 Å². The Morgan fingerprint density at radius 1 is 1.43 bits per heavy atom. The van der Waals surface area contributed by atoms with Gasteiger partial charge in [-0.3, -0.25) is 4.98 Å². The molecule has 0 saturated carbocycles. The van der Waals surface area contributed by atoms with Crippen LogP contribution in [0, 0.1) is 11.3 Å². The SMILES string of the molecule is COC(=O)c1ccc(CNc2ccc(Br)cc2C#N)nc1. The number of benzene rings is 1. The number of nitriles is 1. The smallest absolute Gasteiger partial charge is 0.339 e. The topological polar surface area (TPSA) is 75.0 Å². The average Bonchev–Trinajstić information content (AvgIpc) is 2.53. The first kappa shape index (κ1) is 15.0. The Morgan fingerprint density at radius 3 is 2.86 bits per heavy atom. The van der Waals surface area contributed by atoms with E-state index in [9.17, 15) is 4.79 Å². The second-order valence-electron chi connectivity index (χ2n) is 4.19. The van der Waals surface area contributed by atoms with E-state index in [1.165, 1.54) is 13.3 Å². The second kappa shape index (κ2) is 6.86.